The van der Waals surface area contributed by atoms with Crippen molar-refractivity contribution >= 4 is 34.3 Å². The van der Waals surface area contributed by atoms with Crippen LogP contribution in [0.15, 0.2) is 45.6 Å². The van der Waals surface area contributed by atoms with E-state index in [2.05, 4.69) is 15.1 Å². The van der Waals surface area contributed by atoms with Gasteiger partial charge in [-0.2, -0.15) is 0 Å². The third-order valence-corrected chi connectivity index (χ3v) is 3.82. The lowest BCUT2D eigenvalue weighted by Gasteiger charge is -2.01. The van der Waals surface area contributed by atoms with Crippen molar-refractivity contribution in [3.63, 3.8) is 0 Å². The van der Waals surface area contributed by atoms with Crippen LogP contribution >= 0.6 is 22.9 Å². The van der Waals surface area contributed by atoms with Crippen LogP contribution in [0.1, 0.15) is 11.3 Å². The standard InChI is InChI=1S/C14H11ClN4OS/c1-9-12(8-17-14-16-5-6-21-14)13(20)19(18-9)11-4-2-3-10(15)7-11/h2-8,18H,1H3/b17-8+. The van der Waals surface area contributed by atoms with E-state index in [1.54, 1.807) is 24.4 Å². The summed E-state index contributed by atoms with van der Waals surface area (Å²) >= 11 is 7.37. The average molecular weight is 319 g/mol. The molecule has 3 aromatic rings. The Labute approximate surface area is 129 Å². The van der Waals surface area contributed by atoms with Crippen LogP contribution in [0.4, 0.5) is 5.13 Å². The van der Waals surface area contributed by atoms with Crippen LogP contribution in [0.3, 0.4) is 0 Å². The minimum Gasteiger partial charge on any atom is -0.295 e. The molecule has 2 heterocycles. The highest BCUT2D eigenvalue weighted by atomic mass is 35.5. The molecule has 2 aromatic heterocycles. The Balaban J connectivity index is 2.03. The topological polar surface area (TPSA) is 63.0 Å². The molecule has 3 rings (SSSR count). The summed E-state index contributed by atoms with van der Waals surface area (Å²) < 4.78 is 1.45. The van der Waals surface area contributed by atoms with E-state index < -0.39 is 0 Å². The second-order valence-electron chi connectivity index (χ2n) is 4.34. The zero-order valence-electron chi connectivity index (χ0n) is 11.1. The Bertz CT molecular complexity index is 848. The van der Waals surface area contributed by atoms with E-state index in [-0.39, 0.29) is 5.56 Å². The van der Waals surface area contributed by atoms with Crippen molar-refractivity contribution in [2.45, 2.75) is 6.92 Å². The van der Waals surface area contributed by atoms with E-state index in [1.807, 2.05) is 18.4 Å². The molecule has 0 unspecified atom stereocenters. The van der Waals surface area contributed by atoms with Gasteiger partial charge < -0.3 is 0 Å². The summed E-state index contributed by atoms with van der Waals surface area (Å²) in [7, 11) is 0. The fourth-order valence-electron chi connectivity index (χ4n) is 1.91. The largest absolute Gasteiger partial charge is 0.295 e. The summed E-state index contributed by atoms with van der Waals surface area (Å²) in [5.74, 6) is 0. The SMILES string of the molecule is Cc1[nH]n(-c2cccc(Cl)c2)c(=O)c1/C=N/c1nccs1. The first-order chi connectivity index (χ1) is 10.1. The van der Waals surface area contributed by atoms with Crippen LogP contribution in [-0.2, 0) is 0 Å². The van der Waals surface area contributed by atoms with E-state index in [0.717, 1.165) is 5.69 Å². The molecule has 1 aromatic carbocycles. The van der Waals surface area contributed by atoms with E-state index in [4.69, 9.17) is 11.6 Å². The van der Waals surface area contributed by atoms with Crippen molar-refractivity contribution in [3.8, 4) is 5.69 Å². The molecule has 0 saturated carbocycles. The van der Waals surface area contributed by atoms with Gasteiger partial charge in [-0.05, 0) is 25.1 Å². The predicted octanol–water partition coefficient (Wildman–Crippen LogP) is 3.33. The van der Waals surface area contributed by atoms with Gasteiger partial charge in [-0.25, -0.2) is 14.7 Å². The highest BCUT2D eigenvalue weighted by molar-refractivity contribution is 7.13. The van der Waals surface area contributed by atoms with E-state index in [1.165, 1.54) is 22.2 Å². The summed E-state index contributed by atoms with van der Waals surface area (Å²) in [5.41, 5.74) is 1.75. The molecule has 5 nitrogen and oxygen atoms in total. The van der Waals surface area contributed by atoms with E-state index in [0.29, 0.717) is 21.4 Å². The van der Waals surface area contributed by atoms with Gasteiger partial charge in [0.05, 0.1) is 11.3 Å². The first kappa shape index (κ1) is 13.8. The number of thiazole rings is 1. The van der Waals surface area contributed by atoms with Gasteiger partial charge in [0, 0.05) is 28.5 Å². The monoisotopic (exact) mass is 318 g/mol. The molecule has 0 spiro atoms. The van der Waals surface area contributed by atoms with Crippen LogP contribution in [-0.4, -0.2) is 21.0 Å². The molecule has 0 fully saturated rings. The van der Waals surface area contributed by atoms with Crippen molar-refractivity contribution in [2.75, 3.05) is 0 Å². The van der Waals surface area contributed by atoms with Crippen molar-refractivity contribution < 1.29 is 0 Å². The highest BCUT2D eigenvalue weighted by Crippen LogP contribution is 2.15. The molecule has 0 bridgehead atoms. The summed E-state index contributed by atoms with van der Waals surface area (Å²) in [6, 6.07) is 7.09. The summed E-state index contributed by atoms with van der Waals surface area (Å²) in [4.78, 5) is 20.7. The molecule has 7 heteroatoms. The van der Waals surface area contributed by atoms with Crippen LogP contribution < -0.4 is 5.56 Å². The third-order valence-electron chi connectivity index (χ3n) is 2.91. The van der Waals surface area contributed by atoms with Crippen molar-refractivity contribution in [3.05, 3.63) is 62.5 Å². The quantitative estimate of drug-likeness (QED) is 0.753. The average Bonchev–Trinajstić information content (AvgIpc) is 3.06. The smallest absolute Gasteiger partial charge is 0.280 e. The number of aromatic amines is 1. The number of H-pyrrole nitrogens is 1. The molecule has 0 amide bonds. The van der Waals surface area contributed by atoms with Gasteiger partial charge in [0.15, 0.2) is 0 Å². The van der Waals surface area contributed by atoms with Gasteiger partial charge in [0.2, 0.25) is 5.13 Å². The minimum absolute atomic E-state index is 0.171. The second kappa shape index (κ2) is 5.67. The van der Waals surface area contributed by atoms with Crippen LogP contribution in [0, 0.1) is 6.92 Å². The summed E-state index contributed by atoms with van der Waals surface area (Å²) in [6.07, 6.45) is 3.21. The van der Waals surface area contributed by atoms with Gasteiger partial charge in [-0.1, -0.05) is 17.7 Å². The normalized spacial score (nSPS) is 11.3. The minimum atomic E-state index is -0.171. The maximum atomic E-state index is 12.4. The number of halogens is 1. The molecule has 106 valence electrons. The Kier molecular flexibility index (Phi) is 3.72. The lowest BCUT2D eigenvalue weighted by atomic mass is 10.3. The third kappa shape index (κ3) is 2.81. The number of nitrogens with one attached hydrogen (secondary N) is 1. The Morgan fingerprint density at radius 3 is 3.05 bits per heavy atom. The molecule has 1 N–H and O–H groups in total. The van der Waals surface area contributed by atoms with Crippen molar-refractivity contribution in [1.29, 1.82) is 0 Å². The number of nitrogens with zero attached hydrogens (tertiary/aromatic N) is 3. The molecule has 21 heavy (non-hydrogen) atoms. The molecular formula is C14H11ClN4OS. The fourth-order valence-corrected chi connectivity index (χ4v) is 2.57. The number of aryl methyl sites for hydroxylation is 1. The predicted molar refractivity (Wildman–Crippen MR) is 85.5 cm³/mol. The fraction of sp³-hybridized carbons (Fsp3) is 0.0714. The lowest BCUT2D eigenvalue weighted by molar-refractivity contribution is 0.835. The molecule has 0 atom stereocenters. The summed E-state index contributed by atoms with van der Waals surface area (Å²) in [5, 5.41) is 6.05. The highest BCUT2D eigenvalue weighted by Gasteiger charge is 2.11. The molecule has 0 aliphatic rings. The zero-order chi connectivity index (χ0) is 14.8. The number of rotatable bonds is 3. The van der Waals surface area contributed by atoms with Gasteiger partial charge in [-0.15, -0.1) is 11.3 Å². The number of aliphatic imine (C=N–C) groups is 1. The number of aromatic nitrogens is 3. The van der Waals surface area contributed by atoms with Crippen LogP contribution in [0.2, 0.25) is 5.02 Å². The first-order valence-corrected chi connectivity index (χ1v) is 7.42. The summed E-state index contributed by atoms with van der Waals surface area (Å²) in [6.45, 7) is 1.83. The van der Waals surface area contributed by atoms with Crippen molar-refractivity contribution in [1.82, 2.24) is 14.8 Å². The maximum absolute atomic E-state index is 12.4. The van der Waals surface area contributed by atoms with Gasteiger partial charge in [-0.3, -0.25) is 9.89 Å². The Hall–Kier alpha value is -2.18. The lowest BCUT2D eigenvalue weighted by Crippen LogP contribution is -2.17. The molecule has 0 saturated heterocycles. The number of hydrogen-bond donors (Lipinski definition) is 1. The van der Waals surface area contributed by atoms with Crippen LogP contribution in [0.5, 0.6) is 0 Å². The molecule has 0 aliphatic heterocycles. The zero-order valence-corrected chi connectivity index (χ0v) is 12.6. The molecule has 0 radical (unpaired) electrons. The Morgan fingerprint density at radius 1 is 1.48 bits per heavy atom. The first-order valence-electron chi connectivity index (χ1n) is 6.16. The number of benzene rings is 1. The van der Waals surface area contributed by atoms with E-state index >= 15 is 0 Å². The van der Waals surface area contributed by atoms with Crippen molar-refractivity contribution in [2.24, 2.45) is 4.99 Å². The van der Waals surface area contributed by atoms with Gasteiger partial charge in [0.1, 0.15) is 0 Å². The number of hydrogen-bond acceptors (Lipinski definition) is 4. The molecular weight excluding hydrogens is 308 g/mol. The van der Waals surface area contributed by atoms with Gasteiger partial charge >= 0.3 is 0 Å². The van der Waals surface area contributed by atoms with Gasteiger partial charge in [0.25, 0.3) is 5.56 Å². The molecule has 0 aliphatic carbocycles. The maximum Gasteiger partial charge on any atom is 0.280 e. The Morgan fingerprint density at radius 2 is 2.33 bits per heavy atom. The van der Waals surface area contributed by atoms with Crippen LogP contribution in [0.25, 0.3) is 5.69 Å². The second-order valence-corrected chi connectivity index (χ2v) is 5.65. The van der Waals surface area contributed by atoms with E-state index in [9.17, 15) is 4.79 Å².